The number of ketones is 1. The molecule has 6 nitrogen and oxygen atoms in total. The second-order valence-corrected chi connectivity index (χ2v) is 9.40. The maximum Gasteiger partial charge on any atom is 0.305 e. The summed E-state index contributed by atoms with van der Waals surface area (Å²) in [5, 5.41) is 12.8. The lowest BCUT2D eigenvalue weighted by atomic mass is 9.87. The minimum absolute atomic E-state index is 0.0393. The summed E-state index contributed by atoms with van der Waals surface area (Å²) >= 11 is 0. The summed E-state index contributed by atoms with van der Waals surface area (Å²) in [6.07, 6.45) is 27.0. The van der Waals surface area contributed by atoms with Crippen LogP contribution in [0, 0.1) is 5.41 Å². The Hall–Kier alpha value is -2.73. The van der Waals surface area contributed by atoms with E-state index in [2.05, 4.69) is 73.0 Å². The molecular formula is C30H47NO5. The monoisotopic (exact) mass is 501 g/mol. The fraction of sp³-hybridized carbons (Fsp3) is 0.567. The van der Waals surface area contributed by atoms with Gasteiger partial charge < -0.3 is 15.2 Å². The number of hydrogen-bond donors (Lipinski definition) is 2. The van der Waals surface area contributed by atoms with Crippen molar-refractivity contribution in [2.24, 2.45) is 5.41 Å². The molecule has 0 bridgehead atoms. The van der Waals surface area contributed by atoms with Gasteiger partial charge in [-0.05, 0) is 51.9 Å². The van der Waals surface area contributed by atoms with E-state index < -0.39 is 17.4 Å². The number of Topliss-reactive ketones (excluding diaryl/α,β-unsaturated/α-hetero) is 1. The minimum atomic E-state index is -1.33. The van der Waals surface area contributed by atoms with Crippen LogP contribution >= 0.6 is 0 Å². The highest BCUT2D eigenvalue weighted by Gasteiger charge is 2.34. The molecule has 0 unspecified atom stereocenters. The lowest BCUT2D eigenvalue weighted by Crippen LogP contribution is -2.46. The van der Waals surface area contributed by atoms with Gasteiger partial charge >= 0.3 is 5.97 Å². The van der Waals surface area contributed by atoms with Crippen LogP contribution in [-0.4, -0.2) is 42.0 Å². The number of ether oxygens (including phenoxy) is 1. The van der Waals surface area contributed by atoms with Crippen molar-refractivity contribution in [3.63, 3.8) is 0 Å². The average Bonchev–Trinajstić information content (AvgIpc) is 2.83. The molecule has 0 saturated heterocycles. The second-order valence-electron chi connectivity index (χ2n) is 9.40. The molecule has 0 rings (SSSR count). The summed E-state index contributed by atoms with van der Waals surface area (Å²) in [6, 6.07) is 0. The third-order valence-corrected chi connectivity index (χ3v) is 5.28. The molecule has 0 aromatic carbocycles. The van der Waals surface area contributed by atoms with Crippen molar-refractivity contribution in [3.8, 4) is 0 Å². The fourth-order valence-corrected chi connectivity index (χ4v) is 2.96. The van der Waals surface area contributed by atoms with Gasteiger partial charge in [0.1, 0.15) is 11.9 Å². The molecule has 0 aromatic rings. The molecule has 202 valence electrons. The molecule has 2 N–H and O–H groups in total. The first-order valence-electron chi connectivity index (χ1n) is 13.1. The highest BCUT2D eigenvalue weighted by molar-refractivity contribution is 5.82. The third-order valence-electron chi connectivity index (χ3n) is 5.28. The Kier molecular flexibility index (Phi) is 19.9. The van der Waals surface area contributed by atoms with Crippen LogP contribution in [-0.2, 0) is 19.1 Å². The standard InChI is InChI=1S/C30H47NO5/c1-5-6-7-8-9-10-11-12-13-14-15-16-17-18-19-20-21-22-27(33)36-25-30(3,4)28(34)29(35)31-24-23-26(2)32/h6-7,9-10,12-13,15-16,18-19,28,34H,5,8,11,14,17,20-25H2,1-4H3,(H,31,35)/b7-6-,10-9-,13-12-,16-15-,19-18-/t28-/m0/s1. The predicted octanol–water partition coefficient (Wildman–Crippen LogP) is 5.93. The van der Waals surface area contributed by atoms with Gasteiger partial charge in [-0.1, -0.05) is 81.5 Å². The zero-order valence-electron chi connectivity index (χ0n) is 22.7. The van der Waals surface area contributed by atoms with E-state index in [0.717, 1.165) is 38.5 Å². The zero-order chi connectivity index (χ0) is 27.1. The number of rotatable bonds is 20. The number of allylic oxidation sites excluding steroid dienone is 10. The normalized spacial score (nSPS) is 13.5. The van der Waals surface area contributed by atoms with Crippen LogP contribution in [0.3, 0.4) is 0 Å². The largest absolute Gasteiger partial charge is 0.465 e. The highest BCUT2D eigenvalue weighted by Crippen LogP contribution is 2.22. The van der Waals surface area contributed by atoms with E-state index in [1.807, 2.05) is 0 Å². The van der Waals surface area contributed by atoms with E-state index in [-0.39, 0.29) is 37.7 Å². The molecule has 0 saturated carbocycles. The third kappa shape index (κ3) is 19.6. The van der Waals surface area contributed by atoms with Gasteiger partial charge in [-0.25, -0.2) is 0 Å². The molecule has 6 heteroatoms. The van der Waals surface area contributed by atoms with Gasteiger partial charge in [-0.3, -0.25) is 14.4 Å². The molecule has 0 fully saturated rings. The van der Waals surface area contributed by atoms with E-state index in [4.69, 9.17) is 4.74 Å². The molecule has 0 aliphatic heterocycles. The Morgan fingerprint density at radius 2 is 1.33 bits per heavy atom. The number of nitrogens with one attached hydrogen (secondary N) is 1. The van der Waals surface area contributed by atoms with Gasteiger partial charge in [-0.2, -0.15) is 0 Å². The molecule has 0 heterocycles. The van der Waals surface area contributed by atoms with Gasteiger partial charge in [0.15, 0.2) is 0 Å². The van der Waals surface area contributed by atoms with Gasteiger partial charge in [0.25, 0.3) is 0 Å². The first-order chi connectivity index (χ1) is 17.2. The molecular weight excluding hydrogens is 454 g/mol. The first kappa shape index (κ1) is 33.3. The van der Waals surface area contributed by atoms with Crippen molar-refractivity contribution >= 4 is 17.7 Å². The Bertz CT molecular complexity index is 774. The van der Waals surface area contributed by atoms with Crippen molar-refractivity contribution in [1.29, 1.82) is 0 Å². The molecule has 0 radical (unpaired) electrons. The minimum Gasteiger partial charge on any atom is -0.465 e. The number of aliphatic hydroxyl groups excluding tert-OH is 1. The summed E-state index contributed by atoms with van der Waals surface area (Å²) in [5.74, 6) is -0.960. The van der Waals surface area contributed by atoms with Crippen molar-refractivity contribution in [3.05, 3.63) is 60.8 Å². The summed E-state index contributed by atoms with van der Waals surface area (Å²) in [7, 11) is 0. The maximum absolute atomic E-state index is 12.0. The summed E-state index contributed by atoms with van der Waals surface area (Å²) < 4.78 is 5.27. The molecule has 1 amide bonds. The van der Waals surface area contributed by atoms with Crippen LogP contribution in [0.1, 0.15) is 85.5 Å². The number of unbranched alkanes of at least 4 members (excludes halogenated alkanes) is 1. The van der Waals surface area contributed by atoms with E-state index >= 15 is 0 Å². The van der Waals surface area contributed by atoms with E-state index in [9.17, 15) is 19.5 Å². The van der Waals surface area contributed by atoms with Crippen LogP contribution in [0.15, 0.2) is 60.8 Å². The quantitative estimate of drug-likeness (QED) is 0.122. The number of amides is 1. The Morgan fingerprint density at radius 3 is 1.83 bits per heavy atom. The van der Waals surface area contributed by atoms with Crippen LogP contribution in [0.2, 0.25) is 0 Å². The van der Waals surface area contributed by atoms with E-state index in [1.165, 1.54) is 6.92 Å². The van der Waals surface area contributed by atoms with Crippen molar-refractivity contribution in [2.75, 3.05) is 13.2 Å². The number of hydrogen-bond acceptors (Lipinski definition) is 5. The highest BCUT2D eigenvalue weighted by atomic mass is 16.5. The summed E-state index contributed by atoms with van der Waals surface area (Å²) in [4.78, 5) is 35.0. The average molecular weight is 502 g/mol. The predicted molar refractivity (Wildman–Crippen MR) is 147 cm³/mol. The first-order valence-corrected chi connectivity index (χ1v) is 13.1. The van der Waals surface area contributed by atoms with Crippen molar-refractivity contribution < 1.29 is 24.2 Å². The van der Waals surface area contributed by atoms with Crippen molar-refractivity contribution in [1.82, 2.24) is 5.32 Å². The van der Waals surface area contributed by atoms with E-state index in [1.54, 1.807) is 13.8 Å². The van der Waals surface area contributed by atoms with Crippen LogP contribution in [0.4, 0.5) is 0 Å². The topological polar surface area (TPSA) is 92.7 Å². The lowest BCUT2D eigenvalue weighted by molar-refractivity contribution is -0.153. The van der Waals surface area contributed by atoms with Gasteiger partial charge in [-0.15, -0.1) is 0 Å². The Morgan fingerprint density at radius 1 is 0.833 bits per heavy atom. The molecule has 0 spiro atoms. The van der Waals surface area contributed by atoms with Crippen LogP contribution < -0.4 is 5.32 Å². The number of esters is 1. The van der Waals surface area contributed by atoms with Crippen molar-refractivity contribution in [2.45, 2.75) is 91.6 Å². The van der Waals surface area contributed by atoms with Gasteiger partial charge in [0.2, 0.25) is 5.91 Å². The van der Waals surface area contributed by atoms with E-state index in [0.29, 0.717) is 6.42 Å². The number of aliphatic hydroxyl groups is 1. The number of carbonyl (C=O) groups excluding carboxylic acids is 3. The van der Waals surface area contributed by atoms with Gasteiger partial charge in [0, 0.05) is 24.8 Å². The Labute approximate surface area is 218 Å². The van der Waals surface area contributed by atoms with Crippen LogP contribution in [0.25, 0.3) is 0 Å². The lowest BCUT2D eigenvalue weighted by Gasteiger charge is -2.29. The molecule has 0 aromatic heterocycles. The SMILES string of the molecule is CC/C=C\C/C=C\C/C=C\C/C=C\C/C=C\CCCC(=O)OCC(C)(C)[C@@H](O)C(=O)NCCC(C)=O. The summed E-state index contributed by atoms with van der Waals surface area (Å²) in [5.41, 5.74) is -0.931. The second kappa shape index (κ2) is 21.5. The molecule has 0 aliphatic carbocycles. The number of carbonyl (C=O) groups is 3. The Balaban J connectivity index is 3.92. The van der Waals surface area contributed by atoms with Crippen LogP contribution in [0.5, 0.6) is 0 Å². The zero-order valence-corrected chi connectivity index (χ0v) is 22.7. The molecule has 36 heavy (non-hydrogen) atoms. The van der Waals surface area contributed by atoms with Gasteiger partial charge in [0.05, 0.1) is 6.61 Å². The molecule has 1 atom stereocenters. The fourth-order valence-electron chi connectivity index (χ4n) is 2.96. The molecule has 0 aliphatic rings. The smallest absolute Gasteiger partial charge is 0.305 e. The maximum atomic E-state index is 12.0. The summed E-state index contributed by atoms with van der Waals surface area (Å²) in [6.45, 7) is 7.01.